The Balaban J connectivity index is 1.92. The fourth-order valence-electron chi connectivity index (χ4n) is 1.98. The number of nitrogen functional groups attached to an aromatic ring is 1. The summed E-state index contributed by atoms with van der Waals surface area (Å²) in [6, 6.07) is 3.94. The Morgan fingerprint density at radius 2 is 2.53 bits per heavy atom. The summed E-state index contributed by atoms with van der Waals surface area (Å²) in [4.78, 5) is 6.36. The molecule has 1 atom stereocenters. The van der Waals surface area contributed by atoms with Gasteiger partial charge in [-0.3, -0.25) is 4.90 Å². The van der Waals surface area contributed by atoms with Crippen molar-refractivity contribution >= 4 is 5.82 Å². The minimum atomic E-state index is 0.393. The van der Waals surface area contributed by atoms with Crippen LogP contribution < -0.4 is 5.73 Å². The molecule has 2 N–H and O–H groups in total. The van der Waals surface area contributed by atoms with Crippen LogP contribution in [0.3, 0.4) is 0 Å². The molecular formula is C11H17N3O. The van der Waals surface area contributed by atoms with Crippen LogP contribution in [0.15, 0.2) is 18.3 Å². The molecule has 4 nitrogen and oxygen atoms in total. The molecule has 1 fully saturated rings. The largest absolute Gasteiger partial charge is 0.384 e. The molecule has 0 bridgehead atoms. The van der Waals surface area contributed by atoms with Gasteiger partial charge in [0.2, 0.25) is 0 Å². The Kier molecular flexibility index (Phi) is 3.18. The summed E-state index contributed by atoms with van der Waals surface area (Å²) in [5.74, 6) is 0.593. The summed E-state index contributed by atoms with van der Waals surface area (Å²) in [5.41, 5.74) is 6.85. The molecule has 1 aromatic rings. The lowest BCUT2D eigenvalue weighted by molar-refractivity contribution is 0.107. The van der Waals surface area contributed by atoms with Crippen molar-refractivity contribution in [3.05, 3.63) is 23.9 Å². The highest BCUT2D eigenvalue weighted by atomic mass is 16.5. The minimum absolute atomic E-state index is 0.393. The van der Waals surface area contributed by atoms with E-state index in [1.165, 1.54) is 5.56 Å². The van der Waals surface area contributed by atoms with Crippen molar-refractivity contribution < 1.29 is 4.74 Å². The van der Waals surface area contributed by atoms with Crippen molar-refractivity contribution in [2.45, 2.75) is 19.1 Å². The first-order valence-corrected chi connectivity index (χ1v) is 5.23. The third-order valence-electron chi connectivity index (χ3n) is 2.81. The molecule has 0 spiro atoms. The van der Waals surface area contributed by atoms with Crippen molar-refractivity contribution in [3.8, 4) is 0 Å². The number of hydrogen-bond acceptors (Lipinski definition) is 4. The molecule has 1 aliphatic heterocycles. The lowest BCUT2D eigenvalue weighted by atomic mass is 10.2. The van der Waals surface area contributed by atoms with Crippen molar-refractivity contribution in [2.75, 3.05) is 25.9 Å². The summed E-state index contributed by atoms with van der Waals surface area (Å²) in [6.07, 6.45) is 3.27. The normalized spacial score (nSPS) is 22.1. The predicted molar refractivity (Wildman–Crippen MR) is 59.3 cm³/mol. The van der Waals surface area contributed by atoms with E-state index in [9.17, 15) is 0 Å². The first-order valence-electron chi connectivity index (χ1n) is 5.23. The van der Waals surface area contributed by atoms with E-state index in [2.05, 4.69) is 9.88 Å². The number of pyridine rings is 1. The number of ether oxygens (including phenoxy) is 1. The highest BCUT2D eigenvalue weighted by molar-refractivity contribution is 5.31. The highest BCUT2D eigenvalue weighted by Gasteiger charge is 2.21. The molecule has 2 heterocycles. The molecule has 0 aromatic carbocycles. The maximum atomic E-state index is 5.63. The summed E-state index contributed by atoms with van der Waals surface area (Å²) in [7, 11) is 1.78. The Labute approximate surface area is 90.0 Å². The standard InChI is InChI=1S/C11H17N3O/c1-15-10-3-5-14(8-10)7-9-2-4-13-11(12)6-9/h2,4,6,10H,3,5,7-8H2,1H3,(H2,12,13). The van der Waals surface area contributed by atoms with Gasteiger partial charge in [-0.15, -0.1) is 0 Å². The number of rotatable bonds is 3. The van der Waals surface area contributed by atoms with Gasteiger partial charge in [0.15, 0.2) is 0 Å². The second-order valence-electron chi connectivity index (χ2n) is 3.97. The maximum Gasteiger partial charge on any atom is 0.123 e. The van der Waals surface area contributed by atoms with Gasteiger partial charge in [-0.1, -0.05) is 0 Å². The van der Waals surface area contributed by atoms with Crippen LogP contribution in [-0.4, -0.2) is 36.2 Å². The van der Waals surface area contributed by atoms with Gasteiger partial charge in [-0.05, 0) is 24.1 Å². The van der Waals surface area contributed by atoms with Gasteiger partial charge in [-0.25, -0.2) is 4.98 Å². The molecular weight excluding hydrogens is 190 g/mol. The second kappa shape index (κ2) is 4.59. The first kappa shape index (κ1) is 10.4. The Morgan fingerprint density at radius 1 is 1.67 bits per heavy atom. The van der Waals surface area contributed by atoms with Crippen LogP contribution in [-0.2, 0) is 11.3 Å². The Hall–Kier alpha value is -1.13. The smallest absolute Gasteiger partial charge is 0.123 e. The second-order valence-corrected chi connectivity index (χ2v) is 3.97. The molecule has 4 heteroatoms. The number of nitrogens with zero attached hydrogens (tertiary/aromatic N) is 2. The van der Waals surface area contributed by atoms with Crippen molar-refractivity contribution in [2.24, 2.45) is 0 Å². The molecule has 0 amide bonds. The van der Waals surface area contributed by atoms with Crippen LogP contribution in [0.4, 0.5) is 5.82 Å². The maximum absolute atomic E-state index is 5.63. The van der Waals surface area contributed by atoms with E-state index < -0.39 is 0 Å². The molecule has 15 heavy (non-hydrogen) atoms. The number of nitrogens with two attached hydrogens (primary N) is 1. The zero-order valence-electron chi connectivity index (χ0n) is 9.02. The molecule has 0 aliphatic carbocycles. The van der Waals surface area contributed by atoms with Crippen molar-refractivity contribution in [1.82, 2.24) is 9.88 Å². The number of methoxy groups -OCH3 is 1. The van der Waals surface area contributed by atoms with Crippen LogP contribution in [0.2, 0.25) is 0 Å². The molecule has 0 saturated carbocycles. The van der Waals surface area contributed by atoms with Crippen LogP contribution >= 0.6 is 0 Å². The molecule has 82 valence electrons. The minimum Gasteiger partial charge on any atom is -0.384 e. The van der Waals surface area contributed by atoms with Crippen molar-refractivity contribution in [3.63, 3.8) is 0 Å². The fourth-order valence-corrected chi connectivity index (χ4v) is 1.98. The third-order valence-corrected chi connectivity index (χ3v) is 2.81. The van der Waals surface area contributed by atoms with Crippen LogP contribution in [0, 0.1) is 0 Å². The summed E-state index contributed by atoms with van der Waals surface area (Å²) in [5, 5.41) is 0. The fraction of sp³-hybridized carbons (Fsp3) is 0.545. The van der Waals surface area contributed by atoms with E-state index in [1.807, 2.05) is 12.1 Å². The van der Waals surface area contributed by atoms with Gasteiger partial charge in [0, 0.05) is 32.9 Å². The van der Waals surface area contributed by atoms with Gasteiger partial charge in [0.1, 0.15) is 5.82 Å². The van der Waals surface area contributed by atoms with Crippen LogP contribution in [0.25, 0.3) is 0 Å². The Morgan fingerprint density at radius 3 is 3.20 bits per heavy atom. The summed E-state index contributed by atoms with van der Waals surface area (Å²) >= 11 is 0. The van der Waals surface area contributed by atoms with Crippen molar-refractivity contribution in [1.29, 1.82) is 0 Å². The SMILES string of the molecule is COC1CCN(Cc2ccnc(N)c2)C1. The van der Waals surface area contributed by atoms with Gasteiger partial charge in [-0.2, -0.15) is 0 Å². The topological polar surface area (TPSA) is 51.4 Å². The third kappa shape index (κ3) is 2.67. The van der Waals surface area contributed by atoms with Gasteiger partial charge in [0.25, 0.3) is 0 Å². The van der Waals surface area contributed by atoms with E-state index in [4.69, 9.17) is 10.5 Å². The number of hydrogen-bond donors (Lipinski definition) is 1. The predicted octanol–water partition coefficient (Wildman–Crippen LogP) is 0.884. The van der Waals surface area contributed by atoms with E-state index in [0.29, 0.717) is 11.9 Å². The van der Waals surface area contributed by atoms with Crippen LogP contribution in [0.5, 0.6) is 0 Å². The molecule has 0 radical (unpaired) electrons. The number of likely N-dealkylation sites (tertiary alicyclic amines) is 1. The molecule has 1 unspecified atom stereocenters. The highest BCUT2D eigenvalue weighted by Crippen LogP contribution is 2.15. The molecule has 1 aromatic heterocycles. The first-order chi connectivity index (χ1) is 7.28. The number of aromatic nitrogens is 1. The number of anilines is 1. The van der Waals surface area contributed by atoms with Gasteiger partial charge in [0.05, 0.1) is 6.10 Å². The van der Waals surface area contributed by atoms with Gasteiger partial charge >= 0.3 is 0 Å². The Bertz CT molecular complexity index is 329. The summed E-state index contributed by atoms with van der Waals surface area (Å²) < 4.78 is 5.32. The molecule has 1 aliphatic rings. The summed E-state index contributed by atoms with van der Waals surface area (Å²) in [6.45, 7) is 3.05. The lowest BCUT2D eigenvalue weighted by Gasteiger charge is -2.15. The zero-order valence-corrected chi connectivity index (χ0v) is 9.02. The molecule has 1 saturated heterocycles. The molecule has 2 rings (SSSR count). The quantitative estimate of drug-likeness (QED) is 0.799. The van der Waals surface area contributed by atoms with Gasteiger partial charge < -0.3 is 10.5 Å². The van der Waals surface area contributed by atoms with E-state index >= 15 is 0 Å². The zero-order chi connectivity index (χ0) is 10.7. The van der Waals surface area contributed by atoms with E-state index in [1.54, 1.807) is 13.3 Å². The monoisotopic (exact) mass is 207 g/mol. The van der Waals surface area contributed by atoms with Crippen LogP contribution in [0.1, 0.15) is 12.0 Å². The average molecular weight is 207 g/mol. The van der Waals surface area contributed by atoms with E-state index in [0.717, 1.165) is 26.1 Å². The van der Waals surface area contributed by atoms with E-state index in [-0.39, 0.29) is 0 Å². The average Bonchev–Trinajstić information content (AvgIpc) is 2.65. The lowest BCUT2D eigenvalue weighted by Crippen LogP contribution is -2.22.